The van der Waals surface area contributed by atoms with E-state index in [1.165, 1.54) is 5.69 Å². The molecule has 106 valence electrons. The van der Waals surface area contributed by atoms with E-state index >= 15 is 0 Å². The van der Waals surface area contributed by atoms with Crippen molar-refractivity contribution in [3.8, 4) is 0 Å². The molecule has 0 fully saturated rings. The minimum absolute atomic E-state index is 0.352. The predicted octanol–water partition coefficient (Wildman–Crippen LogP) is 5.41. The number of nitrogens with zero attached hydrogens (tertiary/aromatic N) is 1. The minimum Gasteiger partial charge on any atom is -0.259 e. The van der Waals surface area contributed by atoms with Crippen LogP contribution in [0.15, 0.2) is 56.8 Å². The molecule has 0 radical (unpaired) electrons. The molecule has 1 unspecified atom stereocenters. The zero-order valence-electron chi connectivity index (χ0n) is 13.0. The Morgan fingerprint density at radius 3 is 2.30 bits per heavy atom. The van der Waals surface area contributed by atoms with E-state index < -0.39 is 0 Å². The molecule has 0 bridgehead atoms. The van der Waals surface area contributed by atoms with Gasteiger partial charge in [0.25, 0.3) is 0 Å². The average Bonchev–Trinajstić information content (AvgIpc) is 2.43. The van der Waals surface area contributed by atoms with Crippen molar-refractivity contribution in [2.24, 2.45) is 0 Å². The second-order valence-corrected chi connectivity index (χ2v) is 5.41. The molecule has 0 aromatic heterocycles. The first-order valence-electron chi connectivity index (χ1n) is 6.98. The molecular formula is C19H26N+. The van der Waals surface area contributed by atoms with Crippen molar-refractivity contribution in [1.29, 1.82) is 0 Å². The maximum Gasteiger partial charge on any atom is 0.152 e. The Kier molecular flexibility index (Phi) is 5.29. The van der Waals surface area contributed by atoms with Gasteiger partial charge in [0.15, 0.2) is 5.69 Å². The summed E-state index contributed by atoms with van der Waals surface area (Å²) in [5.74, 6) is 0. The van der Waals surface area contributed by atoms with Crippen molar-refractivity contribution in [3.05, 3.63) is 67.9 Å². The summed E-state index contributed by atoms with van der Waals surface area (Å²) >= 11 is 0. The first-order chi connectivity index (χ1) is 9.44. The Labute approximate surface area is 123 Å². The van der Waals surface area contributed by atoms with Crippen LogP contribution < -0.4 is 4.48 Å². The average molecular weight is 268 g/mol. The number of quaternary nitrogens is 1. The highest BCUT2D eigenvalue weighted by Gasteiger charge is 2.34. The van der Waals surface area contributed by atoms with Crippen molar-refractivity contribution >= 4 is 17.3 Å². The third-order valence-electron chi connectivity index (χ3n) is 3.84. The van der Waals surface area contributed by atoms with Gasteiger partial charge in [-0.3, -0.25) is 4.48 Å². The molecule has 0 aliphatic carbocycles. The molecule has 20 heavy (non-hydrogen) atoms. The van der Waals surface area contributed by atoms with Crippen LogP contribution in [0, 0.1) is 0 Å². The van der Waals surface area contributed by atoms with Crippen molar-refractivity contribution in [2.45, 2.75) is 26.8 Å². The van der Waals surface area contributed by atoms with Crippen LogP contribution in [0.5, 0.6) is 0 Å². The summed E-state index contributed by atoms with van der Waals surface area (Å²) in [6, 6.07) is 6.62. The lowest BCUT2D eigenvalue weighted by atomic mass is 9.97. The number of allylic oxidation sites excluding steroid dienone is 1. The first-order valence-corrected chi connectivity index (χ1v) is 6.98. The molecule has 0 saturated heterocycles. The van der Waals surface area contributed by atoms with Crippen LogP contribution in [0.1, 0.15) is 31.9 Å². The van der Waals surface area contributed by atoms with Crippen molar-refractivity contribution in [3.63, 3.8) is 0 Å². The number of benzene rings is 1. The highest BCUT2D eigenvalue weighted by Crippen LogP contribution is 2.38. The summed E-state index contributed by atoms with van der Waals surface area (Å²) in [6.45, 7) is 23.3. The molecule has 0 spiro atoms. The molecule has 0 N–H and O–H groups in total. The summed E-state index contributed by atoms with van der Waals surface area (Å²) < 4.78 is 0.647. The van der Waals surface area contributed by atoms with Gasteiger partial charge in [-0.05, 0) is 51.1 Å². The predicted molar refractivity (Wildman–Crippen MR) is 93.4 cm³/mol. The topological polar surface area (TPSA) is 0 Å². The van der Waals surface area contributed by atoms with Crippen LogP contribution in [0.25, 0.3) is 11.6 Å². The summed E-state index contributed by atoms with van der Waals surface area (Å²) in [4.78, 5) is 0. The Balaban J connectivity index is 3.78. The van der Waals surface area contributed by atoms with Crippen LogP contribution in [0.2, 0.25) is 0 Å². The highest BCUT2D eigenvalue weighted by molar-refractivity contribution is 5.81. The standard InChI is InChI=1S/C19H26N/c1-8-14-20(10-3,16(6)7)19-17(9-2)12-11-13-18(19)15(4)5/h8-13,16H,1-4,14H2,5-7H3/q+1. The van der Waals surface area contributed by atoms with Gasteiger partial charge < -0.3 is 0 Å². The van der Waals surface area contributed by atoms with Crippen LogP contribution in [-0.2, 0) is 0 Å². The highest BCUT2D eigenvalue weighted by atomic mass is 15.4. The SMILES string of the molecule is C=CC[N+](C=C)(c1c(C=C)cccc1C(=C)C)C(C)C. The summed E-state index contributed by atoms with van der Waals surface area (Å²) in [7, 11) is 0. The Morgan fingerprint density at radius 1 is 1.25 bits per heavy atom. The first kappa shape index (κ1) is 16.2. The zero-order valence-corrected chi connectivity index (χ0v) is 13.0. The van der Waals surface area contributed by atoms with Gasteiger partial charge in [-0.1, -0.05) is 31.9 Å². The van der Waals surface area contributed by atoms with Gasteiger partial charge in [0, 0.05) is 11.1 Å². The van der Waals surface area contributed by atoms with E-state index in [4.69, 9.17) is 0 Å². The van der Waals surface area contributed by atoms with Gasteiger partial charge in [0.1, 0.15) is 6.54 Å². The van der Waals surface area contributed by atoms with E-state index in [-0.39, 0.29) is 0 Å². The Bertz CT molecular complexity index is 537. The van der Waals surface area contributed by atoms with Gasteiger partial charge in [-0.15, -0.1) is 0 Å². The molecule has 0 heterocycles. The Hall–Kier alpha value is -1.86. The molecular weight excluding hydrogens is 242 g/mol. The second kappa shape index (κ2) is 6.53. The lowest BCUT2D eigenvalue weighted by Gasteiger charge is -2.39. The third-order valence-corrected chi connectivity index (χ3v) is 3.84. The van der Waals surface area contributed by atoms with E-state index in [2.05, 4.69) is 58.4 Å². The minimum atomic E-state index is 0.352. The Morgan fingerprint density at radius 2 is 1.90 bits per heavy atom. The largest absolute Gasteiger partial charge is 0.259 e. The number of rotatable bonds is 7. The van der Waals surface area contributed by atoms with Gasteiger partial charge in [0.2, 0.25) is 0 Å². The fourth-order valence-corrected chi connectivity index (χ4v) is 2.69. The van der Waals surface area contributed by atoms with Crippen LogP contribution in [0.3, 0.4) is 0 Å². The summed E-state index contributed by atoms with van der Waals surface area (Å²) in [5, 5.41) is 0. The lowest BCUT2D eigenvalue weighted by Crippen LogP contribution is -2.50. The van der Waals surface area contributed by atoms with Gasteiger partial charge in [-0.25, -0.2) is 0 Å². The molecule has 1 heteroatoms. The number of hydrogen-bond donors (Lipinski definition) is 0. The van der Waals surface area contributed by atoms with Gasteiger partial charge >= 0.3 is 0 Å². The molecule has 0 aliphatic rings. The molecule has 1 rings (SSSR count). The zero-order chi connectivity index (χ0) is 15.3. The quantitative estimate of drug-likeness (QED) is 0.458. The maximum absolute atomic E-state index is 4.12. The molecule has 0 saturated carbocycles. The second-order valence-electron chi connectivity index (χ2n) is 5.41. The number of hydrogen-bond acceptors (Lipinski definition) is 0. The fraction of sp³-hybridized carbons (Fsp3) is 0.263. The fourth-order valence-electron chi connectivity index (χ4n) is 2.69. The summed E-state index contributed by atoms with van der Waals surface area (Å²) in [6.07, 6.45) is 5.86. The van der Waals surface area contributed by atoms with Crippen molar-refractivity contribution in [1.82, 2.24) is 4.48 Å². The molecule has 0 aliphatic heterocycles. The van der Waals surface area contributed by atoms with Crippen LogP contribution in [-0.4, -0.2) is 12.6 Å². The lowest BCUT2D eigenvalue weighted by molar-refractivity contribution is 0.336. The van der Waals surface area contributed by atoms with E-state index in [9.17, 15) is 0 Å². The monoisotopic (exact) mass is 268 g/mol. The maximum atomic E-state index is 4.12. The molecule has 1 aromatic rings. The normalized spacial score (nSPS) is 13.6. The molecule has 1 aromatic carbocycles. The smallest absolute Gasteiger partial charge is 0.152 e. The van der Waals surface area contributed by atoms with E-state index in [1.54, 1.807) is 0 Å². The molecule has 0 amide bonds. The van der Waals surface area contributed by atoms with Crippen molar-refractivity contribution in [2.75, 3.05) is 6.54 Å². The third kappa shape index (κ3) is 2.68. The van der Waals surface area contributed by atoms with Crippen molar-refractivity contribution < 1.29 is 0 Å². The van der Waals surface area contributed by atoms with Crippen LogP contribution in [0.4, 0.5) is 5.69 Å². The summed E-state index contributed by atoms with van der Waals surface area (Å²) in [5.41, 5.74) is 4.55. The molecule has 1 atom stereocenters. The van der Waals surface area contributed by atoms with Gasteiger partial charge in [0.05, 0.1) is 12.2 Å². The van der Waals surface area contributed by atoms with Gasteiger partial charge in [-0.2, -0.15) is 0 Å². The number of para-hydroxylation sites is 1. The molecule has 1 nitrogen and oxygen atoms in total. The van der Waals surface area contributed by atoms with E-state index in [0.29, 0.717) is 10.5 Å². The van der Waals surface area contributed by atoms with E-state index in [1.807, 2.05) is 25.3 Å². The van der Waals surface area contributed by atoms with Crippen LogP contribution >= 0.6 is 0 Å². The van der Waals surface area contributed by atoms with E-state index in [0.717, 1.165) is 23.2 Å².